The highest BCUT2D eigenvalue weighted by Crippen LogP contribution is 2.24. The zero-order valence-corrected chi connectivity index (χ0v) is 10.3. The number of hydrogen-bond donors (Lipinski definition) is 3. The van der Waals surface area contributed by atoms with Crippen LogP contribution in [0.2, 0.25) is 0 Å². The van der Waals surface area contributed by atoms with Gasteiger partial charge in [0.2, 0.25) is 5.91 Å². The van der Waals surface area contributed by atoms with Crippen molar-refractivity contribution in [3.63, 3.8) is 0 Å². The molecule has 3 N–H and O–H groups in total. The molecule has 1 unspecified atom stereocenters. The van der Waals surface area contributed by atoms with Crippen LogP contribution in [0.1, 0.15) is 12.5 Å². The molecule has 0 aliphatic carbocycles. The van der Waals surface area contributed by atoms with E-state index in [-0.39, 0.29) is 22.7 Å². The van der Waals surface area contributed by atoms with Gasteiger partial charge >= 0.3 is 0 Å². The summed E-state index contributed by atoms with van der Waals surface area (Å²) in [6.45, 7) is 1.78. The topological polar surface area (TPSA) is 94.3 Å². The largest absolute Gasteiger partial charge is 0.504 e. The van der Waals surface area contributed by atoms with E-state index in [9.17, 15) is 9.90 Å². The van der Waals surface area contributed by atoms with E-state index in [1.165, 1.54) is 30.1 Å². The Morgan fingerprint density at radius 3 is 2.78 bits per heavy atom. The summed E-state index contributed by atoms with van der Waals surface area (Å²) in [5.41, 5.74) is 0.594. The van der Waals surface area contributed by atoms with Gasteiger partial charge in [-0.1, -0.05) is 11.8 Å². The van der Waals surface area contributed by atoms with Crippen molar-refractivity contribution < 1.29 is 15.0 Å². The van der Waals surface area contributed by atoms with Gasteiger partial charge in [-0.05, 0) is 30.7 Å². The molecule has 0 saturated carbocycles. The molecule has 0 spiro atoms. The number of thioether (sulfide) groups is 1. The Balaban J connectivity index is 2.05. The Bertz CT molecular complexity index is 542. The van der Waals surface area contributed by atoms with Crippen molar-refractivity contribution in [3.05, 3.63) is 23.8 Å². The van der Waals surface area contributed by atoms with Crippen molar-refractivity contribution in [1.82, 2.24) is 5.32 Å². The monoisotopic (exact) mass is 265 g/mol. The van der Waals surface area contributed by atoms with Crippen LogP contribution in [-0.4, -0.2) is 32.8 Å². The van der Waals surface area contributed by atoms with Gasteiger partial charge in [0.15, 0.2) is 16.7 Å². The highest BCUT2D eigenvalue weighted by Gasteiger charge is 2.25. The van der Waals surface area contributed by atoms with E-state index >= 15 is 0 Å². The number of nitrogens with zero attached hydrogens (tertiary/aromatic N) is 2. The molecule has 6 nitrogen and oxygen atoms in total. The summed E-state index contributed by atoms with van der Waals surface area (Å²) in [4.78, 5) is 11.2. The second-order valence-electron chi connectivity index (χ2n) is 3.65. The van der Waals surface area contributed by atoms with Crippen LogP contribution in [0.4, 0.5) is 0 Å². The minimum Gasteiger partial charge on any atom is -0.504 e. The number of phenolic OH excluding ortho intramolecular Hbond substituents is 2. The molecular formula is C11H11N3O3S. The lowest BCUT2D eigenvalue weighted by Crippen LogP contribution is -2.23. The molecule has 18 heavy (non-hydrogen) atoms. The lowest BCUT2D eigenvalue weighted by Gasteiger charge is -1.97. The van der Waals surface area contributed by atoms with Gasteiger partial charge in [-0.25, -0.2) is 0 Å². The lowest BCUT2D eigenvalue weighted by molar-refractivity contribution is -0.118. The van der Waals surface area contributed by atoms with Crippen LogP contribution in [0, 0.1) is 0 Å². The smallest absolute Gasteiger partial charge is 0.239 e. The van der Waals surface area contributed by atoms with Crippen LogP contribution >= 0.6 is 11.8 Å². The quantitative estimate of drug-likeness (QED) is 0.423. The molecule has 7 heteroatoms. The average Bonchev–Trinajstić information content (AvgIpc) is 2.63. The molecule has 1 heterocycles. The fraction of sp³-hybridized carbons (Fsp3) is 0.182. The van der Waals surface area contributed by atoms with E-state index in [1.54, 1.807) is 13.0 Å². The van der Waals surface area contributed by atoms with E-state index < -0.39 is 0 Å². The van der Waals surface area contributed by atoms with Gasteiger partial charge in [0.05, 0.1) is 11.5 Å². The average molecular weight is 265 g/mol. The Hall–Kier alpha value is -2.02. The zero-order chi connectivity index (χ0) is 13.1. The van der Waals surface area contributed by atoms with E-state index in [4.69, 9.17) is 5.11 Å². The molecule has 1 saturated heterocycles. The molecule has 1 aliphatic heterocycles. The third-order valence-electron chi connectivity index (χ3n) is 2.24. The van der Waals surface area contributed by atoms with Gasteiger partial charge in [-0.2, -0.15) is 5.10 Å². The molecule has 1 fully saturated rings. The molecule has 0 bridgehead atoms. The summed E-state index contributed by atoms with van der Waals surface area (Å²) < 4.78 is 0. The zero-order valence-electron chi connectivity index (χ0n) is 9.49. The second-order valence-corrected chi connectivity index (χ2v) is 4.98. The van der Waals surface area contributed by atoms with E-state index in [0.29, 0.717) is 10.7 Å². The van der Waals surface area contributed by atoms with Crippen LogP contribution in [0.15, 0.2) is 28.4 Å². The Morgan fingerprint density at radius 2 is 2.17 bits per heavy atom. The van der Waals surface area contributed by atoms with Crippen molar-refractivity contribution in [3.8, 4) is 11.5 Å². The van der Waals surface area contributed by atoms with Crippen LogP contribution in [0.25, 0.3) is 0 Å². The van der Waals surface area contributed by atoms with Crippen LogP contribution in [0.5, 0.6) is 11.5 Å². The number of carbonyl (C=O) groups excluding carboxylic acids is 1. The van der Waals surface area contributed by atoms with E-state index in [0.717, 1.165) is 0 Å². The molecular weight excluding hydrogens is 254 g/mol. The van der Waals surface area contributed by atoms with Crippen molar-refractivity contribution in [2.45, 2.75) is 12.2 Å². The number of benzene rings is 1. The third kappa shape index (κ3) is 2.80. The number of aromatic hydroxyl groups is 2. The summed E-state index contributed by atoms with van der Waals surface area (Å²) in [6, 6.07) is 4.31. The maximum Gasteiger partial charge on any atom is 0.239 e. The molecule has 1 amide bonds. The van der Waals surface area contributed by atoms with Gasteiger partial charge in [0.25, 0.3) is 0 Å². The number of hydrogen-bond acceptors (Lipinski definition) is 6. The normalized spacial score (nSPS) is 21.7. The molecule has 1 atom stereocenters. The van der Waals surface area contributed by atoms with Crippen LogP contribution in [-0.2, 0) is 4.79 Å². The second kappa shape index (κ2) is 5.09. The molecule has 0 radical (unpaired) electrons. The van der Waals surface area contributed by atoms with Crippen molar-refractivity contribution in [1.29, 1.82) is 0 Å². The van der Waals surface area contributed by atoms with Gasteiger partial charge in [-0.15, -0.1) is 5.10 Å². The highest BCUT2D eigenvalue weighted by atomic mass is 32.2. The van der Waals surface area contributed by atoms with Crippen molar-refractivity contribution in [2.24, 2.45) is 10.2 Å². The summed E-state index contributed by atoms with van der Waals surface area (Å²) >= 11 is 1.30. The van der Waals surface area contributed by atoms with Crippen molar-refractivity contribution >= 4 is 29.1 Å². The van der Waals surface area contributed by atoms with Gasteiger partial charge in [-0.3, -0.25) is 4.79 Å². The first kappa shape index (κ1) is 12.4. The minimum absolute atomic E-state index is 0.0868. The van der Waals surface area contributed by atoms with E-state index in [1.807, 2.05) is 0 Å². The first-order chi connectivity index (χ1) is 8.56. The first-order valence-electron chi connectivity index (χ1n) is 5.17. The van der Waals surface area contributed by atoms with Crippen molar-refractivity contribution in [2.75, 3.05) is 0 Å². The highest BCUT2D eigenvalue weighted by molar-refractivity contribution is 8.15. The number of rotatable bonds is 2. The van der Waals surface area contributed by atoms with Gasteiger partial charge in [0.1, 0.15) is 0 Å². The van der Waals surface area contributed by atoms with Gasteiger partial charge in [0, 0.05) is 0 Å². The van der Waals surface area contributed by atoms with Gasteiger partial charge < -0.3 is 15.5 Å². The maximum absolute atomic E-state index is 11.2. The number of amides is 1. The Labute approximate surface area is 107 Å². The van der Waals surface area contributed by atoms with Crippen LogP contribution < -0.4 is 5.32 Å². The third-order valence-corrected chi connectivity index (χ3v) is 3.22. The molecule has 0 aromatic heterocycles. The standard InChI is InChI=1S/C11H11N3O3S/c1-6-10(17)13-11(18-6)14-12-5-7-2-3-8(15)9(16)4-7/h2-6,15-16H,1H3,(H,13,14,17)/b12-5+. The predicted molar refractivity (Wildman–Crippen MR) is 70.0 cm³/mol. The number of phenols is 2. The summed E-state index contributed by atoms with van der Waals surface area (Å²) in [5.74, 6) is -0.495. The number of nitrogens with one attached hydrogen (secondary N) is 1. The summed E-state index contributed by atoms with van der Waals surface area (Å²) in [7, 11) is 0. The van der Waals surface area contributed by atoms with E-state index in [2.05, 4.69) is 15.5 Å². The van der Waals surface area contributed by atoms with Crippen LogP contribution in [0.3, 0.4) is 0 Å². The fourth-order valence-electron chi connectivity index (χ4n) is 1.27. The SMILES string of the molecule is CC1S/C(=N\N=C\c2ccc(O)c(O)c2)NC1=O. The predicted octanol–water partition coefficient (Wildman–Crippen LogP) is 1.04. The summed E-state index contributed by atoms with van der Waals surface area (Å²) in [6.07, 6.45) is 1.42. The fourth-order valence-corrected chi connectivity index (χ4v) is 2.03. The molecule has 1 aliphatic rings. The first-order valence-corrected chi connectivity index (χ1v) is 6.05. The Kier molecular flexibility index (Phi) is 3.52. The minimum atomic E-state index is -0.219. The maximum atomic E-state index is 11.2. The molecule has 1 aromatic carbocycles. The molecule has 94 valence electrons. The molecule has 2 rings (SSSR count). The number of amidine groups is 1. The lowest BCUT2D eigenvalue weighted by atomic mass is 10.2. The number of carbonyl (C=O) groups is 1. The Morgan fingerprint density at radius 1 is 1.39 bits per heavy atom. The summed E-state index contributed by atoms with van der Waals surface area (Å²) in [5, 5.41) is 28.9. The molecule has 1 aromatic rings.